The molecule has 2 aromatic carbocycles. The van der Waals surface area contributed by atoms with Crippen molar-refractivity contribution in [3.8, 4) is 5.75 Å². The van der Waals surface area contributed by atoms with Gasteiger partial charge < -0.3 is 9.64 Å². The van der Waals surface area contributed by atoms with E-state index >= 15 is 0 Å². The Morgan fingerprint density at radius 1 is 1.14 bits per heavy atom. The molecule has 0 saturated carbocycles. The van der Waals surface area contributed by atoms with Crippen LogP contribution in [0.15, 0.2) is 59.6 Å². The molecule has 0 aliphatic carbocycles. The lowest BCUT2D eigenvalue weighted by Gasteiger charge is -2.24. The van der Waals surface area contributed by atoms with Crippen LogP contribution in [0.5, 0.6) is 5.75 Å². The molecular weight excluding hydrogens is 408 g/mol. The first-order valence-electron chi connectivity index (χ1n) is 9.36. The number of ether oxygens (including phenoxy) is 1. The number of fused-ring (bicyclic) bond motifs is 1. The lowest BCUT2D eigenvalue weighted by atomic mass is 10.1. The van der Waals surface area contributed by atoms with E-state index in [0.717, 1.165) is 11.1 Å². The van der Waals surface area contributed by atoms with Gasteiger partial charge in [-0.15, -0.1) is 0 Å². The number of carbonyl (C=O) groups excluding carboxylic acids is 1. The van der Waals surface area contributed by atoms with E-state index in [1.165, 1.54) is 11.8 Å². The molecule has 2 aliphatic heterocycles. The van der Waals surface area contributed by atoms with Crippen molar-refractivity contribution in [2.24, 2.45) is 4.99 Å². The van der Waals surface area contributed by atoms with E-state index in [9.17, 15) is 13.2 Å². The maximum absolute atomic E-state index is 12.7. The Balaban J connectivity index is 1.58. The number of para-hydroxylation sites is 1. The quantitative estimate of drug-likeness (QED) is 0.726. The number of rotatable bonds is 5. The monoisotopic (exact) mass is 430 g/mol. The highest BCUT2D eigenvalue weighted by molar-refractivity contribution is 8.15. The zero-order chi connectivity index (χ0) is 20.4. The first-order valence-corrected chi connectivity index (χ1v) is 12.1. The Labute approximate surface area is 174 Å². The van der Waals surface area contributed by atoms with Crippen LogP contribution in [0.1, 0.15) is 11.1 Å². The van der Waals surface area contributed by atoms with Crippen LogP contribution in [-0.2, 0) is 27.6 Å². The van der Waals surface area contributed by atoms with Crippen molar-refractivity contribution in [1.82, 2.24) is 4.90 Å². The summed E-state index contributed by atoms with van der Waals surface area (Å²) < 4.78 is 29.6. The van der Waals surface area contributed by atoms with Crippen LogP contribution in [0, 0.1) is 0 Å². The van der Waals surface area contributed by atoms with E-state index in [1.54, 1.807) is 7.11 Å². The van der Waals surface area contributed by atoms with E-state index in [1.807, 2.05) is 59.5 Å². The first-order chi connectivity index (χ1) is 13.9. The fourth-order valence-electron chi connectivity index (χ4n) is 3.76. The van der Waals surface area contributed by atoms with Crippen molar-refractivity contribution < 1.29 is 17.9 Å². The Kier molecular flexibility index (Phi) is 5.65. The summed E-state index contributed by atoms with van der Waals surface area (Å²) >= 11 is 1.40. The smallest absolute Gasteiger partial charge is 0.252 e. The fraction of sp³-hybridized carbons (Fsp3) is 0.333. The van der Waals surface area contributed by atoms with Crippen molar-refractivity contribution in [2.75, 3.05) is 18.6 Å². The summed E-state index contributed by atoms with van der Waals surface area (Å²) in [5.74, 6) is 0.631. The maximum atomic E-state index is 12.7. The van der Waals surface area contributed by atoms with Gasteiger partial charge in [0.1, 0.15) is 5.75 Å². The summed E-state index contributed by atoms with van der Waals surface area (Å²) in [7, 11) is -1.48. The molecule has 8 heteroatoms. The first kappa shape index (κ1) is 20.0. The molecule has 0 bridgehead atoms. The molecule has 0 radical (unpaired) electrons. The van der Waals surface area contributed by atoms with Crippen molar-refractivity contribution in [3.05, 3.63) is 65.7 Å². The minimum Gasteiger partial charge on any atom is -0.496 e. The van der Waals surface area contributed by atoms with Crippen molar-refractivity contribution in [1.29, 1.82) is 0 Å². The third kappa shape index (κ3) is 4.48. The topological polar surface area (TPSA) is 76.0 Å². The highest BCUT2D eigenvalue weighted by atomic mass is 32.2. The molecule has 1 amide bonds. The molecule has 0 N–H and O–H groups in total. The number of methoxy groups -OCH3 is 1. The summed E-state index contributed by atoms with van der Waals surface area (Å²) in [6.07, 6.45) is 0.140. The van der Waals surface area contributed by atoms with Gasteiger partial charge in [0.05, 0.1) is 31.1 Å². The predicted octanol–water partition coefficient (Wildman–Crippen LogP) is 2.53. The van der Waals surface area contributed by atoms with Crippen molar-refractivity contribution >= 4 is 32.7 Å². The fourth-order valence-corrected chi connectivity index (χ4v) is 7.73. The zero-order valence-corrected chi connectivity index (χ0v) is 17.7. The van der Waals surface area contributed by atoms with Crippen LogP contribution in [-0.4, -0.2) is 54.3 Å². The number of amidine groups is 1. The SMILES string of the molecule is COc1ccccc1CC(=O)N=C1SC2CS(=O)(=O)CC2N1Cc1ccccc1. The van der Waals surface area contributed by atoms with E-state index in [2.05, 4.69) is 4.99 Å². The van der Waals surface area contributed by atoms with Gasteiger partial charge in [0, 0.05) is 17.4 Å². The number of amides is 1. The Bertz CT molecular complexity index is 1040. The standard InChI is InChI=1S/C21H22N2O4S2/c1-27-18-10-6-5-9-16(18)11-20(24)22-21-23(12-15-7-3-2-4-8-15)17-13-29(25,26)14-19(17)28-21/h2-10,17,19H,11-14H2,1H3. The van der Waals surface area contributed by atoms with E-state index in [-0.39, 0.29) is 35.1 Å². The molecule has 0 aromatic heterocycles. The highest BCUT2D eigenvalue weighted by Crippen LogP contribution is 2.39. The third-order valence-corrected chi connectivity index (χ3v) is 8.37. The van der Waals surface area contributed by atoms with Crippen LogP contribution in [0.4, 0.5) is 0 Å². The normalized spacial score (nSPS) is 23.9. The molecule has 152 valence electrons. The molecule has 29 heavy (non-hydrogen) atoms. The molecule has 2 aliphatic rings. The zero-order valence-electron chi connectivity index (χ0n) is 16.0. The molecule has 0 spiro atoms. The summed E-state index contributed by atoms with van der Waals surface area (Å²) in [5.41, 5.74) is 1.84. The van der Waals surface area contributed by atoms with Gasteiger partial charge in [0.25, 0.3) is 5.91 Å². The van der Waals surface area contributed by atoms with Gasteiger partial charge in [-0.05, 0) is 11.6 Å². The Morgan fingerprint density at radius 3 is 2.62 bits per heavy atom. The minimum atomic E-state index is -3.06. The number of thioether (sulfide) groups is 1. The number of hydrogen-bond acceptors (Lipinski definition) is 5. The van der Waals surface area contributed by atoms with Gasteiger partial charge in [-0.1, -0.05) is 60.3 Å². The van der Waals surface area contributed by atoms with Crippen LogP contribution >= 0.6 is 11.8 Å². The molecule has 4 rings (SSSR count). The predicted molar refractivity (Wildman–Crippen MR) is 115 cm³/mol. The van der Waals surface area contributed by atoms with Crippen molar-refractivity contribution in [2.45, 2.75) is 24.3 Å². The molecule has 2 fully saturated rings. The molecule has 2 saturated heterocycles. The number of sulfone groups is 1. The number of hydrogen-bond donors (Lipinski definition) is 0. The number of nitrogens with zero attached hydrogens (tertiary/aromatic N) is 2. The van der Waals surface area contributed by atoms with Crippen LogP contribution in [0.3, 0.4) is 0 Å². The van der Waals surface area contributed by atoms with E-state index in [0.29, 0.717) is 17.5 Å². The summed E-state index contributed by atoms with van der Waals surface area (Å²) in [6, 6.07) is 17.1. The van der Waals surface area contributed by atoms with Crippen LogP contribution in [0.2, 0.25) is 0 Å². The largest absolute Gasteiger partial charge is 0.496 e. The molecule has 2 heterocycles. The second-order valence-corrected chi connectivity index (χ2v) is 10.6. The van der Waals surface area contributed by atoms with Crippen molar-refractivity contribution in [3.63, 3.8) is 0 Å². The van der Waals surface area contributed by atoms with Crippen LogP contribution in [0.25, 0.3) is 0 Å². The molecule has 2 atom stereocenters. The summed E-state index contributed by atoms with van der Waals surface area (Å²) in [6.45, 7) is 0.533. The molecule has 6 nitrogen and oxygen atoms in total. The average Bonchev–Trinajstić information content (AvgIpc) is 3.15. The maximum Gasteiger partial charge on any atom is 0.252 e. The van der Waals surface area contributed by atoms with E-state index < -0.39 is 9.84 Å². The van der Waals surface area contributed by atoms with Gasteiger partial charge in [0.2, 0.25) is 0 Å². The Morgan fingerprint density at radius 2 is 1.86 bits per heavy atom. The van der Waals surface area contributed by atoms with Gasteiger partial charge in [-0.25, -0.2) is 8.42 Å². The van der Waals surface area contributed by atoms with E-state index in [4.69, 9.17) is 4.74 Å². The molecular formula is C21H22N2O4S2. The number of carbonyl (C=O) groups is 1. The second-order valence-electron chi connectivity index (χ2n) is 7.19. The second kappa shape index (κ2) is 8.20. The minimum absolute atomic E-state index is 0.0819. The number of benzene rings is 2. The lowest BCUT2D eigenvalue weighted by Crippen LogP contribution is -2.37. The van der Waals surface area contributed by atoms with Crippen LogP contribution < -0.4 is 4.74 Å². The highest BCUT2D eigenvalue weighted by Gasteiger charge is 2.48. The lowest BCUT2D eigenvalue weighted by molar-refractivity contribution is -0.117. The summed E-state index contributed by atoms with van der Waals surface area (Å²) in [4.78, 5) is 19.0. The third-order valence-electron chi connectivity index (χ3n) is 5.13. The molecule has 2 unspecified atom stereocenters. The van der Waals surface area contributed by atoms with Gasteiger partial charge >= 0.3 is 0 Å². The average molecular weight is 431 g/mol. The molecule has 2 aromatic rings. The van der Waals surface area contributed by atoms with Gasteiger partial charge in [0.15, 0.2) is 15.0 Å². The summed E-state index contributed by atoms with van der Waals surface area (Å²) in [5, 5.41) is 0.528. The Hall–Kier alpha value is -2.32. The van der Waals surface area contributed by atoms with Gasteiger partial charge in [-0.2, -0.15) is 4.99 Å². The number of aliphatic imine (C=N–C) groups is 1. The van der Waals surface area contributed by atoms with Gasteiger partial charge in [-0.3, -0.25) is 4.79 Å².